The van der Waals surface area contributed by atoms with E-state index in [9.17, 15) is 29.6 Å². The topological polar surface area (TPSA) is 129 Å². The molecule has 8 nitrogen and oxygen atoms in total. The van der Waals surface area contributed by atoms with Gasteiger partial charge in [-0.05, 0) is 134 Å². The summed E-state index contributed by atoms with van der Waals surface area (Å²) in [6.45, 7) is 17.8. The van der Waals surface area contributed by atoms with Gasteiger partial charge in [0.25, 0.3) is 0 Å². The molecule has 0 aliphatic heterocycles. The van der Waals surface area contributed by atoms with E-state index in [4.69, 9.17) is 14.5 Å². The highest BCUT2D eigenvalue weighted by molar-refractivity contribution is 5.80. The molecule has 4 N–H and O–H groups in total. The van der Waals surface area contributed by atoms with Gasteiger partial charge in [-0.15, -0.1) is 0 Å². The number of nitrogens with zero attached hydrogens (tertiary/aromatic N) is 1. The molecule has 3 unspecified atom stereocenters. The molecule has 1 aromatic heterocycles. The second kappa shape index (κ2) is 20.2. The highest BCUT2D eigenvalue weighted by atomic mass is 19.1. The first-order chi connectivity index (χ1) is 29.3. The number of esters is 1. The maximum absolute atomic E-state index is 14.1. The zero-order valence-corrected chi connectivity index (χ0v) is 39.5. The Balaban J connectivity index is 1.18. The Kier molecular flexibility index (Phi) is 15.9. The molecule has 0 spiro atoms. The van der Waals surface area contributed by atoms with Gasteiger partial charge in [0.1, 0.15) is 11.9 Å². The number of carbonyl (C=O) groups is 1. The number of halogens is 1. The predicted octanol–water partition coefficient (Wildman–Crippen LogP) is 11.1. The second-order valence-electron chi connectivity index (χ2n) is 21.4. The number of aliphatic hydroxyl groups is 4. The van der Waals surface area contributed by atoms with Crippen LogP contribution in [0.4, 0.5) is 4.39 Å². The van der Waals surface area contributed by atoms with Gasteiger partial charge in [-0.2, -0.15) is 0 Å². The SMILES string of the molecule is CCCCCC[C@](C)(O)[C@H]1CCC2C3C[C@H](OC(=O)C[C@H](O)C[C@H](O)/C=C/c4c(C(C)C)nc(C(C)C)c(COC)c4-c4ccc(F)cc4)[C@H]4C[C@@H](O)CC[C@]4(C)C3CC[C@@]21C. The van der Waals surface area contributed by atoms with Crippen molar-refractivity contribution in [2.24, 2.45) is 40.4 Å². The average molecular weight is 862 g/mol. The molecule has 1 aromatic carbocycles. The Labute approximate surface area is 372 Å². The van der Waals surface area contributed by atoms with Gasteiger partial charge in [0.15, 0.2) is 0 Å². The molecule has 0 radical (unpaired) electrons. The van der Waals surface area contributed by atoms with Gasteiger partial charge in [0.2, 0.25) is 0 Å². The Morgan fingerprint density at radius 3 is 2.27 bits per heavy atom. The van der Waals surface area contributed by atoms with Crippen LogP contribution >= 0.6 is 0 Å². The number of rotatable bonds is 18. The van der Waals surface area contributed by atoms with Crippen molar-refractivity contribution in [3.05, 3.63) is 58.7 Å². The van der Waals surface area contributed by atoms with Crippen molar-refractivity contribution in [1.82, 2.24) is 4.98 Å². The van der Waals surface area contributed by atoms with Crippen molar-refractivity contribution in [1.29, 1.82) is 0 Å². The first-order valence-corrected chi connectivity index (χ1v) is 24.3. The van der Waals surface area contributed by atoms with E-state index in [2.05, 4.69) is 55.4 Å². The van der Waals surface area contributed by atoms with Crippen LogP contribution in [0.2, 0.25) is 0 Å². The largest absolute Gasteiger partial charge is 0.462 e. The molecule has 0 saturated heterocycles. The molecule has 2 aromatic rings. The average Bonchev–Trinajstić information content (AvgIpc) is 3.58. The number of benzene rings is 1. The zero-order chi connectivity index (χ0) is 45.1. The minimum atomic E-state index is -1.14. The molecule has 346 valence electrons. The molecule has 4 saturated carbocycles. The lowest BCUT2D eigenvalue weighted by atomic mass is 9.43. The van der Waals surface area contributed by atoms with E-state index in [1.807, 2.05) is 6.08 Å². The monoisotopic (exact) mass is 862 g/mol. The van der Waals surface area contributed by atoms with Crippen LogP contribution in [0.3, 0.4) is 0 Å². The van der Waals surface area contributed by atoms with Crippen molar-refractivity contribution in [3.63, 3.8) is 0 Å². The van der Waals surface area contributed by atoms with Gasteiger partial charge in [-0.25, -0.2) is 4.39 Å². The summed E-state index contributed by atoms with van der Waals surface area (Å²) in [4.78, 5) is 18.9. The van der Waals surface area contributed by atoms with Crippen LogP contribution in [-0.2, 0) is 20.9 Å². The Hall–Kier alpha value is -2.69. The number of aliphatic hydroxyl groups excluding tert-OH is 3. The van der Waals surface area contributed by atoms with Gasteiger partial charge < -0.3 is 29.9 Å². The number of pyridine rings is 1. The van der Waals surface area contributed by atoms with Crippen molar-refractivity contribution >= 4 is 12.0 Å². The van der Waals surface area contributed by atoms with Crippen molar-refractivity contribution < 1.29 is 39.1 Å². The van der Waals surface area contributed by atoms with Crippen LogP contribution in [0.25, 0.3) is 17.2 Å². The standard InChI is InChI=1S/C53H80FNO7/c1-10-11-12-13-24-53(8,60)46-21-20-42-40-30-45(44-28-37(57)22-25-51(44,6)43(40)23-26-52(42,46)7)62-47(59)29-38(58)27-36(56)18-19-39-48(34-14-16-35(54)17-15-34)41(31-61-9)50(33(4)5)55-49(39)32(2)3/h14-19,32-33,36-38,40,42-46,56-58,60H,10-13,20-31H2,1-9H3/b19-18+/t36-,37+,38-,40?,42?,43?,44-,45+,46+,51-,52+,53+/m1/s1. The molecule has 4 aliphatic carbocycles. The lowest BCUT2D eigenvalue weighted by Crippen LogP contribution is -2.59. The van der Waals surface area contributed by atoms with E-state index in [1.54, 1.807) is 25.3 Å². The van der Waals surface area contributed by atoms with Crippen LogP contribution in [0.15, 0.2) is 30.3 Å². The molecule has 4 aliphatic rings. The Morgan fingerprint density at radius 2 is 1.61 bits per heavy atom. The number of hydrogen-bond donors (Lipinski definition) is 4. The van der Waals surface area contributed by atoms with Gasteiger partial charge in [-0.1, -0.05) is 98.4 Å². The first-order valence-electron chi connectivity index (χ1n) is 24.3. The van der Waals surface area contributed by atoms with Gasteiger partial charge in [-0.3, -0.25) is 9.78 Å². The maximum atomic E-state index is 14.1. The summed E-state index contributed by atoms with van der Waals surface area (Å²) in [6, 6.07) is 6.39. The molecule has 6 rings (SSSR count). The third-order valence-electron chi connectivity index (χ3n) is 16.5. The van der Waals surface area contributed by atoms with Crippen LogP contribution in [-0.4, -0.2) is 68.5 Å². The summed E-state index contributed by atoms with van der Waals surface area (Å²) in [5, 5.41) is 45.5. The van der Waals surface area contributed by atoms with Crippen molar-refractivity contribution in [2.75, 3.05) is 7.11 Å². The summed E-state index contributed by atoms with van der Waals surface area (Å²) in [5.74, 6) is 0.899. The van der Waals surface area contributed by atoms with E-state index in [1.165, 1.54) is 25.0 Å². The Bertz CT molecular complexity index is 1840. The third-order valence-corrected chi connectivity index (χ3v) is 16.5. The number of methoxy groups -OCH3 is 1. The van der Waals surface area contributed by atoms with Crippen LogP contribution in [0.5, 0.6) is 0 Å². The third kappa shape index (κ3) is 10.2. The van der Waals surface area contributed by atoms with E-state index in [-0.39, 0.29) is 59.3 Å². The summed E-state index contributed by atoms with van der Waals surface area (Å²) in [5.41, 5.74) is 4.39. The summed E-state index contributed by atoms with van der Waals surface area (Å²) >= 11 is 0. The number of ether oxygens (including phenoxy) is 2. The molecular weight excluding hydrogens is 782 g/mol. The van der Waals surface area contributed by atoms with Crippen LogP contribution in [0.1, 0.15) is 186 Å². The van der Waals surface area contributed by atoms with Crippen molar-refractivity contribution in [2.45, 2.75) is 200 Å². The number of aromatic nitrogens is 1. The predicted molar refractivity (Wildman–Crippen MR) is 245 cm³/mol. The normalized spacial score (nSPS) is 31.7. The van der Waals surface area contributed by atoms with Crippen LogP contribution < -0.4 is 0 Å². The molecule has 0 bridgehead atoms. The lowest BCUT2D eigenvalue weighted by molar-refractivity contribution is -0.198. The molecule has 12 atom stereocenters. The van der Waals surface area contributed by atoms with Crippen molar-refractivity contribution in [3.8, 4) is 11.1 Å². The lowest BCUT2D eigenvalue weighted by Gasteiger charge is -2.63. The van der Waals surface area contributed by atoms with E-state index < -0.39 is 29.9 Å². The Morgan fingerprint density at radius 1 is 0.935 bits per heavy atom. The van der Waals surface area contributed by atoms with E-state index in [0.717, 1.165) is 97.8 Å². The van der Waals surface area contributed by atoms with Gasteiger partial charge >= 0.3 is 5.97 Å². The summed E-state index contributed by atoms with van der Waals surface area (Å²) in [6.07, 6.45) is 13.0. The molecule has 1 heterocycles. The minimum Gasteiger partial charge on any atom is -0.462 e. The van der Waals surface area contributed by atoms with E-state index in [0.29, 0.717) is 30.8 Å². The first kappa shape index (κ1) is 48.8. The minimum absolute atomic E-state index is 0.0226. The molecule has 9 heteroatoms. The number of fused-ring (bicyclic) bond motifs is 5. The number of hydrogen-bond acceptors (Lipinski definition) is 8. The van der Waals surface area contributed by atoms with E-state index >= 15 is 0 Å². The fraction of sp³-hybridized carbons (Fsp3) is 0.736. The number of carbonyl (C=O) groups excluding carboxylic acids is 1. The summed E-state index contributed by atoms with van der Waals surface area (Å²) in [7, 11) is 1.64. The summed E-state index contributed by atoms with van der Waals surface area (Å²) < 4.78 is 26.2. The fourth-order valence-electron chi connectivity index (χ4n) is 13.5. The smallest absolute Gasteiger partial charge is 0.308 e. The van der Waals surface area contributed by atoms with Crippen LogP contribution in [0, 0.1) is 46.2 Å². The highest BCUT2D eigenvalue weighted by Crippen LogP contribution is 2.69. The quantitative estimate of drug-likeness (QED) is 0.0861. The maximum Gasteiger partial charge on any atom is 0.308 e. The zero-order valence-electron chi connectivity index (χ0n) is 39.5. The van der Waals surface area contributed by atoms with Gasteiger partial charge in [0.05, 0.1) is 42.6 Å². The second-order valence-corrected chi connectivity index (χ2v) is 21.4. The molecule has 0 amide bonds. The highest BCUT2D eigenvalue weighted by Gasteiger charge is 2.64. The number of unbranched alkanes of at least 4 members (excludes halogenated alkanes) is 3. The molecule has 62 heavy (non-hydrogen) atoms. The molecular formula is C53H80FNO7. The molecule has 4 fully saturated rings. The van der Waals surface area contributed by atoms with Gasteiger partial charge in [0, 0.05) is 36.3 Å². The fourth-order valence-corrected chi connectivity index (χ4v) is 13.5.